The Bertz CT molecular complexity index is 819. The van der Waals surface area contributed by atoms with E-state index in [4.69, 9.17) is 4.74 Å². The maximum absolute atomic E-state index is 12.1. The molecule has 1 amide bonds. The van der Waals surface area contributed by atoms with Crippen LogP contribution < -0.4 is 10.1 Å². The average Bonchev–Trinajstić information content (AvgIpc) is 2.67. The molecule has 8 heteroatoms. The number of Topliss-reactive ketones (excluding diaryl/α,β-unsaturated/α-hetero) is 1. The van der Waals surface area contributed by atoms with Crippen LogP contribution in [0.3, 0.4) is 0 Å². The minimum absolute atomic E-state index is 0.0131. The van der Waals surface area contributed by atoms with Gasteiger partial charge in [-0.2, -0.15) is 8.78 Å². The lowest BCUT2D eigenvalue weighted by molar-refractivity contribution is -0.141. The van der Waals surface area contributed by atoms with Crippen LogP contribution in [0.4, 0.5) is 14.5 Å². The van der Waals surface area contributed by atoms with Crippen molar-refractivity contribution in [3.8, 4) is 5.75 Å². The lowest BCUT2D eigenvalue weighted by Gasteiger charge is -2.07. The smallest absolute Gasteiger partial charge is 0.387 e. The molecule has 2 aromatic carbocycles. The van der Waals surface area contributed by atoms with E-state index < -0.39 is 19.2 Å². The van der Waals surface area contributed by atoms with Crippen molar-refractivity contribution < 1.29 is 32.6 Å². The van der Waals surface area contributed by atoms with Gasteiger partial charge in [0.25, 0.3) is 0 Å². The van der Waals surface area contributed by atoms with Crippen LogP contribution in [-0.2, 0) is 20.7 Å². The number of amides is 1. The number of ketones is 1. The fraction of sp³-hybridized carbons (Fsp3) is 0.250. The Hall–Kier alpha value is -3.29. The van der Waals surface area contributed by atoms with E-state index in [-0.39, 0.29) is 23.9 Å². The van der Waals surface area contributed by atoms with Gasteiger partial charge in [0.2, 0.25) is 5.91 Å². The van der Waals surface area contributed by atoms with Gasteiger partial charge in [-0.3, -0.25) is 14.4 Å². The number of hydrogen-bond acceptors (Lipinski definition) is 5. The molecule has 0 bridgehead atoms. The number of carbonyl (C=O) groups excluding carboxylic acids is 3. The molecule has 0 fully saturated rings. The molecule has 148 valence electrons. The lowest BCUT2D eigenvalue weighted by Crippen LogP contribution is -2.16. The molecular weight excluding hydrogens is 372 g/mol. The van der Waals surface area contributed by atoms with Crippen LogP contribution in [0.2, 0.25) is 0 Å². The van der Waals surface area contributed by atoms with Crippen LogP contribution in [0, 0.1) is 0 Å². The van der Waals surface area contributed by atoms with Crippen molar-refractivity contribution in [2.45, 2.75) is 26.4 Å². The molecule has 0 atom stereocenters. The van der Waals surface area contributed by atoms with E-state index >= 15 is 0 Å². The molecule has 0 saturated carbocycles. The van der Waals surface area contributed by atoms with E-state index in [1.54, 1.807) is 19.1 Å². The first kappa shape index (κ1) is 21.0. The standard InChI is InChI=1S/C20H19F2NO5/c1-2-18(25)23-15-7-5-14(6-8-15)17(24)12-27-19(26)11-13-3-9-16(10-4-13)28-20(21)22/h3-10,20H,2,11-12H2,1H3,(H,23,25). The summed E-state index contributed by atoms with van der Waals surface area (Å²) in [5, 5.41) is 2.66. The van der Waals surface area contributed by atoms with Gasteiger partial charge in [-0.05, 0) is 42.0 Å². The molecule has 0 aliphatic rings. The highest BCUT2D eigenvalue weighted by atomic mass is 19.3. The third kappa shape index (κ3) is 6.79. The molecule has 0 spiro atoms. The van der Waals surface area contributed by atoms with Crippen molar-refractivity contribution in [2.75, 3.05) is 11.9 Å². The van der Waals surface area contributed by atoms with Gasteiger partial charge < -0.3 is 14.8 Å². The second-order valence-corrected chi connectivity index (χ2v) is 5.76. The Balaban J connectivity index is 1.81. The van der Waals surface area contributed by atoms with E-state index in [1.165, 1.54) is 36.4 Å². The summed E-state index contributed by atoms with van der Waals surface area (Å²) in [6.07, 6.45) is 0.239. The summed E-state index contributed by atoms with van der Waals surface area (Å²) in [7, 11) is 0. The van der Waals surface area contributed by atoms with Crippen molar-refractivity contribution in [3.63, 3.8) is 0 Å². The average molecular weight is 391 g/mol. The third-order valence-electron chi connectivity index (χ3n) is 3.67. The number of rotatable bonds is 9. The van der Waals surface area contributed by atoms with Crippen molar-refractivity contribution in [1.82, 2.24) is 0 Å². The zero-order chi connectivity index (χ0) is 20.5. The molecule has 0 aliphatic heterocycles. The van der Waals surface area contributed by atoms with Gasteiger partial charge in [-0.1, -0.05) is 19.1 Å². The molecule has 0 saturated heterocycles. The van der Waals surface area contributed by atoms with Crippen molar-refractivity contribution in [3.05, 3.63) is 59.7 Å². The number of alkyl halides is 2. The van der Waals surface area contributed by atoms with Crippen LogP contribution in [-0.4, -0.2) is 30.9 Å². The quantitative estimate of drug-likeness (QED) is 0.522. The number of hydrogen-bond donors (Lipinski definition) is 1. The number of benzene rings is 2. The molecule has 28 heavy (non-hydrogen) atoms. The normalized spacial score (nSPS) is 10.4. The second kappa shape index (κ2) is 10.1. The number of ether oxygens (including phenoxy) is 2. The van der Waals surface area contributed by atoms with Crippen LogP contribution in [0.15, 0.2) is 48.5 Å². The molecule has 0 radical (unpaired) electrons. The van der Waals surface area contributed by atoms with E-state index in [0.717, 1.165) is 0 Å². The zero-order valence-electron chi connectivity index (χ0n) is 15.1. The van der Waals surface area contributed by atoms with Gasteiger partial charge in [0.05, 0.1) is 6.42 Å². The zero-order valence-corrected chi connectivity index (χ0v) is 15.1. The third-order valence-corrected chi connectivity index (χ3v) is 3.67. The topological polar surface area (TPSA) is 81.7 Å². The van der Waals surface area contributed by atoms with Gasteiger partial charge in [-0.15, -0.1) is 0 Å². The fourth-order valence-electron chi connectivity index (χ4n) is 2.22. The Morgan fingerprint density at radius 1 is 1.00 bits per heavy atom. The largest absolute Gasteiger partial charge is 0.457 e. The Labute approximate surface area is 160 Å². The predicted octanol–water partition coefficient (Wildman–Crippen LogP) is 3.61. The van der Waals surface area contributed by atoms with Gasteiger partial charge in [0.15, 0.2) is 12.4 Å². The van der Waals surface area contributed by atoms with Gasteiger partial charge in [0, 0.05) is 17.7 Å². The maximum Gasteiger partial charge on any atom is 0.387 e. The SMILES string of the molecule is CCC(=O)Nc1ccc(C(=O)COC(=O)Cc2ccc(OC(F)F)cc2)cc1. The van der Waals surface area contributed by atoms with E-state index in [9.17, 15) is 23.2 Å². The van der Waals surface area contributed by atoms with E-state index in [2.05, 4.69) is 10.1 Å². The highest BCUT2D eigenvalue weighted by molar-refractivity contribution is 5.98. The number of anilines is 1. The monoisotopic (exact) mass is 391 g/mol. The summed E-state index contributed by atoms with van der Waals surface area (Å²) >= 11 is 0. The summed E-state index contributed by atoms with van der Waals surface area (Å²) in [4.78, 5) is 35.2. The van der Waals surface area contributed by atoms with Crippen LogP contribution in [0.1, 0.15) is 29.3 Å². The molecule has 2 aromatic rings. The molecule has 0 aromatic heterocycles. The van der Waals surface area contributed by atoms with Gasteiger partial charge in [-0.25, -0.2) is 0 Å². The number of nitrogens with one attached hydrogen (secondary N) is 1. The summed E-state index contributed by atoms with van der Waals surface area (Å²) < 4.78 is 33.4. The Morgan fingerprint density at radius 2 is 1.64 bits per heavy atom. The molecule has 0 heterocycles. The number of carbonyl (C=O) groups is 3. The first-order valence-corrected chi connectivity index (χ1v) is 8.50. The lowest BCUT2D eigenvalue weighted by atomic mass is 10.1. The van der Waals surface area contributed by atoms with Gasteiger partial charge in [0.1, 0.15) is 5.75 Å². The Morgan fingerprint density at radius 3 is 2.21 bits per heavy atom. The molecule has 2 rings (SSSR count). The first-order valence-electron chi connectivity index (χ1n) is 8.50. The van der Waals surface area contributed by atoms with Gasteiger partial charge >= 0.3 is 12.6 Å². The number of esters is 1. The minimum Gasteiger partial charge on any atom is -0.457 e. The van der Waals surface area contributed by atoms with Crippen LogP contribution in [0.25, 0.3) is 0 Å². The maximum atomic E-state index is 12.1. The highest BCUT2D eigenvalue weighted by Gasteiger charge is 2.12. The van der Waals surface area contributed by atoms with Crippen LogP contribution >= 0.6 is 0 Å². The predicted molar refractivity (Wildman–Crippen MR) is 97.4 cm³/mol. The fourth-order valence-corrected chi connectivity index (χ4v) is 2.22. The summed E-state index contributed by atoms with van der Waals surface area (Å²) in [5.74, 6) is -1.16. The Kier molecular flexibility index (Phi) is 7.62. The molecule has 1 N–H and O–H groups in total. The summed E-state index contributed by atoms with van der Waals surface area (Å²) in [6.45, 7) is -1.61. The van der Waals surface area contributed by atoms with Crippen molar-refractivity contribution >= 4 is 23.3 Å². The van der Waals surface area contributed by atoms with Crippen LogP contribution in [0.5, 0.6) is 5.75 Å². The van der Waals surface area contributed by atoms with E-state index in [1.807, 2.05) is 0 Å². The van der Waals surface area contributed by atoms with Crippen molar-refractivity contribution in [2.24, 2.45) is 0 Å². The molecule has 0 aliphatic carbocycles. The molecule has 0 unspecified atom stereocenters. The number of halogens is 2. The molecular formula is C20H19F2NO5. The molecule has 6 nitrogen and oxygen atoms in total. The second-order valence-electron chi connectivity index (χ2n) is 5.76. The first-order chi connectivity index (χ1) is 13.4. The van der Waals surface area contributed by atoms with E-state index in [0.29, 0.717) is 23.2 Å². The summed E-state index contributed by atoms with van der Waals surface area (Å²) in [5.41, 5.74) is 1.45. The van der Waals surface area contributed by atoms with Crippen molar-refractivity contribution in [1.29, 1.82) is 0 Å². The minimum atomic E-state index is -2.92. The highest BCUT2D eigenvalue weighted by Crippen LogP contribution is 2.15. The summed E-state index contributed by atoms with van der Waals surface area (Å²) in [6, 6.07) is 11.8.